The van der Waals surface area contributed by atoms with E-state index in [0.717, 1.165) is 0 Å². The van der Waals surface area contributed by atoms with E-state index in [1.165, 1.54) is 0 Å². The molecule has 0 spiro atoms. The van der Waals surface area contributed by atoms with Gasteiger partial charge in [-0.15, -0.1) is 0 Å². The summed E-state index contributed by atoms with van der Waals surface area (Å²) in [5.41, 5.74) is -3.43. The van der Waals surface area contributed by atoms with Gasteiger partial charge in [0.25, 0.3) is 0 Å². The zero-order valence-electron chi connectivity index (χ0n) is 22.9. The molecule has 0 aliphatic rings. The van der Waals surface area contributed by atoms with Crippen molar-refractivity contribution in [2.45, 2.75) is 0 Å². The highest BCUT2D eigenvalue weighted by Crippen LogP contribution is 2.24. The molecule has 0 amide bonds. The van der Waals surface area contributed by atoms with Crippen molar-refractivity contribution in [3.63, 3.8) is 0 Å². The molecule has 0 aliphatic heterocycles. The van der Waals surface area contributed by atoms with Gasteiger partial charge in [-0.1, -0.05) is 0 Å². The summed E-state index contributed by atoms with van der Waals surface area (Å²) in [5.74, 6) is -26.7. The smallest absolute Gasteiger partial charge is 0.344 e. The number of carbonyl (C=O) groups is 2. The lowest BCUT2D eigenvalue weighted by Gasteiger charge is -2.10. The van der Waals surface area contributed by atoms with Gasteiger partial charge in [0.15, 0.2) is 46.5 Å². The Kier molecular flexibility index (Phi) is 16.0. The molecule has 0 bridgehead atoms. The zero-order valence-corrected chi connectivity index (χ0v) is 22.9. The first-order valence-corrected chi connectivity index (χ1v) is 12.7. The number of hydrogen-bond acceptors (Lipinski definition) is 9. The molecule has 19 heteroatoms. The Morgan fingerprint density at radius 3 is 0.711 bits per heavy atom. The van der Waals surface area contributed by atoms with Gasteiger partial charge in [0.1, 0.15) is 24.3 Å². The quantitative estimate of drug-likeness (QED) is 0.0676. The summed E-state index contributed by atoms with van der Waals surface area (Å²) in [6, 6.07) is 0. The molecule has 45 heavy (non-hydrogen) atoms. The molecule has 0 fully saturated rings. The Morgan fingerprint density at radius 1 is 0.311 bits per heavy atom. The third kappa shape index (κ3) is 10.8. The van der Waals surface area contributed by atoms with Crippen LogP contribution in [0.15, 0.2) is 0 Å². The summed E-state index contributed by atoms with van der Waals surface area (Å²) in [5, 5.41) is 0. The molecule has 0 N–H and O–H groups in total. The monoisotopic (exact) mass is 670 g/mol. The van der Waals surface area contributed by atoms with Crippen LogP contribution in [-0.2, 0) is 33.2 Å². The van der Waals surface area contributed by atoms with Gasteiger partial charge in [-0.2, -0.15) is 0 Å². The minimum atomic E-state index is -2.40. The van der Waals surface area contributed by atoms with E-state index in [1.807, 2.05) is 0 Å². The Labute approximate surface area is 247 Å². The van der Waals surface area contributed by atoms with Gasteiger partial charge < -0.3 is 33.2 Å². The van der Waals surface area contributed by atoms with E-state index >= 15 is 0 Å². The number of halogens is 10. The van der Waals surface area contributed by atoms with Gasteiger partial charge in [-0.3, -0.25) is 0 Å². The molecular formula is C26H24F10O9. The molecule has 9 nitrogen and oxygen atoms in total. The summed E-state index contributed by atoms with van der Waals surface area (Å²) < 4.78 is 167. The van der Waals surface area contributed by atoms with Crippen LogP contribution in [-0.4, -0.2) is 91.2 Å². The lowest BCUT2D eigenvalue weighted by molar-refractivity contribution is -0.0182. The molecule has 0 atom stereocenters. The fourth-order valence-corrected chi connectivity index (χ4v) is 3.08. The summed E-state index contributed by atoms with van der Waals surface area (Å²) in [4.78, 5) is 23.3. The maximum atomic E-state index is 13.5. The van der Waals surface area contributed by atoms with Crippen molar-refractivity contribution in [1.82, 2.24) is 0 Å². The van der Waals surface area contributed by atoms with Crippen LogP contribution >= 0.6 is 0 Å². The van der Waals surface area contributed by atoms with Gasteiger partial charge in [0.2, 0.25) is 11.6 Å². The minimum absolute atomic E-state index is 0.0134. The molecule has 0 unspecified atom stereocenters. The predicted molar refractivity (Wildman–Crippen MR) is 127 cm³/mol. The molecule has 0 saturated carbocycles. The molecule has 252 valence electrons. The fraction of sp³-hybridized carbons (Fsp3) is 0.462. The van der Waals surface area contributed by atoms with Crippen molar-refractivity contribution in [3.05, 3.63) is 69.3 Å². The van der Waals surface area contributed by atoms with E-state index < -0.39 is 94.5 Å². The molecule has 2 aromatic rings. The van der Waals surface area contributed by atoms with Crippen LogP contribution in [0.25, 0.3) is 0 Å². The van der Waals surface area contributed by atoms with Crippen LogP contribution in [0.3, 0.4) is 0 Å². The highest BCUT2D eigenvalue weighted by Gasteiger charge is 2.31. The molecule has 0 radical (unpaired) electrons. The van der Waals surface area contributed by atoms with Gasteiger partial charge in [0, 0.05) is 0 Å². The average molecular weight is 670 g/mol. The van der Waals surface area contributed by atoms with Crippen LogP contribution in [0.5, 0.6) is 0 Å². The third-order valence-corrected chi connectivity index (χ3v) is 5.24. The van der Waals surface area contributed by atoms with Crippen LogP contribution in [0, 0.1) is 58.2 Å². The fourth-order valence-electron chi connectivity index (χ4n) is 3.08. The van der Waals surface area contributed by atoms with Crippen molar-refractivity contribution >= 4 is 11.9 Å². The Morgan fingerprint density at radius 2 is 0.489 bits per heavy atom. The van der Waals surface area contributed by atoms with E-state index in [-0.39, 0.29) is 66.1 Å². The van der Waals surface area contributed by atoms with E-state index in [4.69, 9.17) is 23.7 Å². The maximum Gasteiger partial charge on any atom is 0.344 e. The Balaban J connectivity index is 1.40. The lowest BCUT2D eigenvalue weighted by atomic mass is 10.1. The second-order valence-electron chi connectivity index (χ2n) is 8.22. The van der Waals surface area contributed by atoms with Crippen molar-refractivity contribution in [3.8, 4) is 0 Å². The predicted octanol–water partition coefficient (Wildman–Crippen LogP) is 4.17. The Hall–Kier alpha value is -3.52. The van der Waals surface area contributed by atoms with Crippen molar-refractivity contribution in [2.75, 3.05) is 79.3 Å². The molecule has 0 aromatic heterocycles. The lowest BCUT2D eigenvalue weighted by Crippen LogP contribution is -2.18. The average Bonchev–Trinajstić information content (AvgIpc) is 3.02. The van der Waals surface area contributed by atoms with E-state index in [1.54, 1.807) is 0 Å². The topological polar surface area (TPSA) is 98.8 Å². The first kappa shape index (κ1) is 37.7. The van der Waals surface area contributed by atoms with Gasteiger partial charge >= 0.3 is 11.9 Å². The van der Waals surface area contributed by atoms with Crippen LogP contribution in [0.4, 0.5) is 43.9 Å². The molecular weight excluding hydrogens is 646 g/mol. The highest BCUT2D eigenvalue weighted by molar-refractivity contribution is 5.90. The second-order valence-corrected chi connectivity index (χ2v) is 8.22. The third-order valence-electron chi connectivity index (χ3n) is 5.24. The van der Waals surface area contributed by atoms with Crippen LogP contribution in [0.2, 0.25) is 0 Å². The Bertz CT molecular complexity index is 1160. The van der Waals surface area contributed by atoms with Crippen LogP contribution in [0.1, 0.15) is 20.7 Å². The largest absolute Gasteiger partial charge is 0.459 e. The molecule has 0 saturated heterocycles. The van der Waals surface area contributed by atoms with Gasteiger partial charge in [0.05, 0.1) is 66.1 Å². The zero-order chi connectivity index (χ0) is 33.5. The maximum absolute atomic E-state index is 13.5. The van der Waals surface area contributed by atoms with Crippen molar-refractivity contribution in [1.29, 1.82) is 0 Å². The van der Waals surface area contributed by atoms with E-state index in [0.29, 0.717) is 0 Å². The normalized spacial score (nSPS) is 11.2. The summed E-state index contributed by atoms with van der Waals surface area (Å²) in [7, 11) is 0. The number of hydrogen-bond donors (Lipinski definition) is 0. The molecule has 2 rings (SSSR count). The number of rotatable bonds is 20. The van der Waals surface area contributed by atoms with E-state index in [9.17, 15) is 53.5 Å². The van der Waals surface area contributed by atoms with Gasteiger partial charge in [-0.05, 0) is 0 Å². The van der Waals surface area contributed by atoms with Crippen molar-refractivity contribution < 1.29 is 86.7 Å². The standard InChI is InChI=1S/C26H24F10O9/c27-15-13(16(28)20(32)23(35)19(15)31)25(37)44-11-9-42-7-5-40-3-1-39-2-4-41-6-8-43-10-12-45-26(38)14-17(29)21(33)24(36)22(34)18(14)30/h1-12H2. The summed E-state index contributed by atoms with van der Waals surface area (Å²) >= 11 is 0. The second kappa shape index (κ2) is 19.1. The van der Waals surface area contributed by atoms with E-state index in [2.05, 4.69) is 9.47 Å². The molecule has 0 aliphatic carbocycles. The number of carbonyl (C=O) groups excluding carboxylic acids is 2. The number of ether oxygens (including phenoxy) is 7. The first-order valence-electron chi connectivity index (χ1n) is 12.7. The summed E-state index contributed by atoms with van der Waals surface area (Å²) in [6.07, 6.45) is 0. The summed E-state index contributed by atoms with van der Waals surface area (Å²) in [6.45, 7) is -0.733. The van der Waals surface area contributed by atoms with Crippen molar-refractivity contribution in [2.24, 2.45) is 0 Å². The number of esters is 2. The van der Waals surface area contributed by atoms with Gasteiger partial charge in [-0.25, -0.2) is 53.5 Å². The molecule has 0 heterocycles. The van der Waals surface area contributed by atoms with Crippen LogP contribution < -0.4 is 0 Å². The SMILES string of the molecule is O=C(OCCOCCOCCOCCOCCOCCOC(=O)c1c(F)c(F)c(F)c(F)c1F)c1c(F)c(F)c(F)c(F)c1F. The minimum Gasteiger partial charge on any atom is -0.459 e. The highest BCUT2D eigenvalue weighted by atomic mass is 19.2. The first-order chi connectivity index (χ1) is 21.4. The molecule has 2 aromatic carbocycles. The number of benzene rings is 2.